The van der Waals surface area contributed by atoms with E-state index in [4.69, 9.17) is 0 Å². The van der Waals surface area contributed by atoms with E-state index in [1.54, 1.807) is 43.8 Å². The Bertz CT molecular complexity index is 572. The molecule has 0 saturated carbocycles. The van der Waals surface area contributed by atoms with Crippen molar-refractivity contribution in [1.29, 1.82) is 0 Å². The Morgan fingerprint density at radius 1 is 1.35 bits per heavy atom. The highest BCUT2D eigenvalue weighted by Crippen LogP contribution is 2.12. The monoisotopic (exact) mass is 273 g/mol. The van der Waals surface area contributed by atoms with Gasteiger partial charge in [-0.25, -0.2) is 4.68 Å². The lowest BCUT2D eigenvalue weighted by Gasteiger charge is -2.29. The molecule has 0 fully saturated rings. The van der Waals surface area contributed by atoms with Crippen LogP contribution in [0.25, 0.3) is 5.69 Å². The van der Waals surface area contributed by atoms with Crippen molar-refractivity contribution >= 4 is 5.91 Å². The van der Waals surface area contributed by atoms with E-state index in [0.29, 0.717) is 5.56 Å². The van der Waals surface area contributed by atoms with Crippen molar-refractivity contribution in [3.8, 4) is 5.69 Å². The van der Waals surface area contributed by atoms with Gasteiger partial charge in [0.05, 0.1) is 17.3 Å². The summed E-state index contributed by atoms with van der Waals surface area (Å²) in [6, 6.07) is 8.98. The molecule has 2 N–H and O–H groups in total. The first-order valence-corrected chi connectivity index (χ1v) is 6.51. The molecule has 106 valence electrons. The molecule has 5 nitrogen and oxygen atoms in total. The van der Waals surface area contributed by atoms with Crippen LogP contribution >= 0.6 is 0 Å². The number of hydrogen-bond donors (Lipinski definition) is 2. The molecule has 1 aromatic heterocycles. The van der Waals surface area contributed by atoms with Crippen LogP contribution in [-0.2, 0) is 0 Å². The summed E-state index contributed by atoms with van der Waals surface area (Å²) in [4.78, 5) is 12.1. The molecule has 2 aromatic rings. The molecule has 0 aliphatic rings. The average Bonchev–Trinajstić information content (AvgIpc) is 2.92. The molecule has 0 aliphatic heterocycles. The third-order valence-electron chi connectivity index (χ3n) is 3.38. The fourth-order valence-electron chi connectivity index (χ4n) is 1.66. The van der Waals surface area contributed by atoms with Crippen LogP contribution in [0.3, 0.4) is 0 Å². The van der Waals surface area contributed by atoms with E-state index in [1.165, 1.54) is 0 Å². The molecule has 0 saturated heterocycles. The van der Waals surface area contributed by atoms with Gasteiger partial charge >= 0.3 is 0 Å². The van der Waals surface area contributed by atoms with Crippen LogP contribution in [0.1, 0.15) is 31.1 Å². The molecule has 1 heterocycles. The standard InChI is InChI=1S/C15H19N3O2/c1-11(19)15(2,3)17-14(20)12-5-7-13(8-6-12)18-10-4-9-16-18/h4-11,19H,1-3H3,(H,17,20). The smallest absolute Gasteiger partial charge is 0.251 e. The highest BCUT2D eigenvalue weighted by Gasteiger charge is 2.26. The van der Waals surface area contributed by atoms with Gasteiger partial charge in [0.25, 0.3) is 5.91 Å². The molecule has 0 bridgehead atoms. The molecule has 1 amide bonds. The molecule has 0 spiro atoms. The second-order valence-corrected chi connectivity index (χ2v) is 5.35. The fourth-order valence-corrected chi connectivity index (χ4v) is 1.66. The molecular weight excluding hydrogens is 254 g/mol. The van der Waals surface area contributed by atoms with Gasteiger partial charge in [-0.3, -0.25) is 4.79 Å². The number of carbonyl (C=O) groups is 1. The lowest BCUT2D eigenvalue weighted by atomic mass is 9.98. The summed E-state index contributed by atoms with van der Waals surface area (Å²) >= 11 is 0. The highest BCUT2D eigenvalue weighted by molar-refractivity contribution is 5.94. The lowest BCUT2D eigenvalue weighted by molar-refractivity contribution is 0.0709. The zero-order valence-electron chi connectivity index (χ0n) is 11.9. The summed E-state index contributed by atoms with van der Waals surface area (Å²) in [5, 5.41) is 16.6. The van der Waals surface area contributed by atoms with Gasteiger partial charge in [0.15, 0.2) is 0 Å². The quantitative estimate of drug-likeness (QED) is 0.892. The van der Waals surface area contributed by atoms with E-state index in [-0.39, 0.29) is 5.91 Å². The van der Waals surface area contributed by atoms with Crippen LogP contribution in [0.2, 0.25) is 0 Å². The molecule has 0 radical (unpaired) electrons. The van der Waals surface area contributed by atoms with Crippen LogP contribution < -0.4 is 5.32 Å². The average molecular weight is 273 g/mol. The minimum atomic E-state index is -0.669. The molecule has 1 unspecified atom stereocenters. The predicted octanol–water partition coefficient (Wildman–Crippen LogP) is 1.76. The molecule has 5 heteroatoms. The van der Waals surface area contributed by atoms with Gasteiger partial charge < -0.3 is 10.4 Å². The third-order valence-corrected chi connectivity index (χ3v) is 3.38. The van der Waals surface area contributed by atoms with Crippen molar-refractivity contribution in [1.82, 2.24) is 15.1 Å². The molecule has 2 rings (SSSR count). The first-order chi connectivity index (χ1) is 9.40. The van der Waals surface area contributed by atoms with E-state index in [1.807, 2.05) is 24.4 Å². The van der Waals surface area contributed by atoms with E-state index in [2.05, 4.69) is 10.4 Å². The van der Waals surface area contributed by atoms with Crippen LogP contribution in [0.5, 0.6) is 0 Å². The topological polar surface area (TPSA) is 67.2 Å². The van der Waals surface area contributed by atoms with Gasteiger partial charge in [-0.15, -0.1) is 0 Å². The van der Waals surface area contributed by atoms with Gasteiger partial charge in [0.2, 0.25) is 0 Å². The van der Waals surface area contributed by atoms with Crippen molar-refractivity contribution in [2.24, 2.45) is 0 Å². The Morgan fingerprint density at radius 2 is 2.00 bits per heavy atom. The zero-order valence-corrected chi connectivity index (χ0v) is 11.9. The Kier molecular flexibility index (Phi) is 3.90. The zero-order chi connectivity index (χ0) is 14.8. The fraction of sp³-hybridized carbons (Fsp3) is 0.333. The maximum absolute atomic E-state index is 12.1. The Hall–Kier alpha value is -2.14. The number of hydrogen-bond acceptors (Lipinski definition) is 3. The number of benzene rings is 1. The van der Waals surface area contributed by atoms with Crippen molar-refractivity contribution in [2.75, 3.05) is 0 Å². The first kappa shape index (κ1) is 14.3. The van der Waals surface area contributed by atoms with E-state index in [9.17, 15) is 9.90 Å². The normalized spacial score (nSPS) is 13.0. The largest absolute Gasteiger partial charge is 0.391 e. The number of aliphatic hydroxyl groups excluding tert-OH is 1. The van der Waals surface area contributed by atoms with Crippen LogP contribution in [0, 0.1) is 0 Å². The minimum absolute atomic E-state index is 0.206. The van der Waals surface area contributed by atoms with E-state index < -0.39 is 11.6 Å². The van der Waals surface area contributed by atoms with Crippen molar-refractivity contribution < 1.29 is 9.90 Å². The third kappa shape index (κ3) is 3.05. The number of nitrogens with one attached hydrogen (secondary N) is 1. The lowest BCUT2D eigenvalue weighted by Crippen LogP contribution is -2.50. The molecular formula is C15H19N3O2. The number of carbonyl (C=O) groups excluding carboxylic acids is 1. The summed E-state index contributed by atoms with van der Waals surface area (Å²) in [5.74, 6) is -0.206. The number of amides is 1. The summed E-state index contributed by atoms with van der Waals surface area (Å²) in [5.41, 5.74) is 0.772. The first-order valence-electron chi connectivity index (χ1n) is 6.51. The van der Waals surface area contributed by atoms with Crippen LogP contribution in [-0.4, -0.2) is 32.4 Å². The van der Waals surface area contributed by atoms with Crippen LogP contribution in [0.15, 0.2) is 42.7 Å². The molecule has 1 aromatic carbocycles. The second-order valence-electron chi connectivity index (χ2n) is 5.35. The summed E-state index contributed by atoms with van der Waals surface area (Å²) in [6.45, 7) is 5.22. The maximum Gasteiger partial charge on any atom is 0.251 e. The van der Waals surface area contributed by atoms with Gasteiger partial charge in [-0.2, -0.15) is 5.10 Å². The number of rotatable bonds is 4. The van der Waals surface area contributed by atoms with E-state index in [0.717, 1.165) is 5.69 Å². The van der Waals surface area contributed by atoms with Crippen molar-refractivity contribution in [3.63, 3.8) is 0 Å². The number of aromatic nitrogens is 2. The predicted molar refractivity (Wildman–Crippen MR) is 76.8 cm³/mol. The summed E-state index contributed by atoms with van der Waals surface area (Å²) in [6.07, 6.45) is 2.91. The van der Waals surface area contributed by atoms with Gasteiger partial charge in [-0.1, -0.05) is 0 Å². The van der Waals surface area contributed by atoms with Crippen molar-refractivity contribution in [2.45, 2.75) is 32.4 Å². The van der Waals surface area contributed by atoms with Gasteiger partial charge in [0.1, 0.15) is 0 Å². The summed E-state index contributed by atoms with van der Waals surface area (Å²) < 4.78 is 1.72. The van der Waals surface area contributed by atoms with Gasteiger partial charge in [-0.05, 0) is 51.1 Å². The van der Waals surface area contributed by atoms with E-state index >= 15 is 0 Å². The molecule has 20 heavy (non-hydrogen) atoms. The Morgan fingerprint density at radius 3 is 2.50 bits per heavy atom. The van der Waals surface area contributed by atoms with Gasteiger partial charge in [0, 0.05) is 18.0 Å². The molecule has 1 atom stereocenters. The highest BCUT2D eigenvalue weighted by atomic mass is 16.3. The second kappa shape index (κ2) is 5.46. The van der Waals surface area contributed by atoms with Crippen molar-refractivity contribution in [3.05, 3.63) is 48.3 Å². The molecule has 0 aliphatic carbocycles. The maximum atomic E-state index is 12.1. The Balaban J connectivity index is 2.12. The minimum Gasteiger partial charge on any atom is -0.391 e. The summed E-state index contributed by atoms with van der Waals surface area (Å²) in [7, 11) is 0. The number of nitrogens with zero attached hydrogens (tertiary/aromatic N) is 2. The van der Waals surface area contributed by atoms with Crippen LogP contribution in [0.4, 0.5) is 0 Å². The Labute approximate surface area is 118 Å². The number of aliphatic hydroxyl groups is 1. The SMILES string of the molecule is CC(O)C(C)(C)NC(=O)c1ccc(-n2cccn2)cc1.